The van der Waals surface area contributed by atoms with Crippen molar-refractivity contribution in [2.75, 3.05) is 17.6 Å². The summed E-state index contributed by atoms with van der Waals surface area (Å²) in [5, 5.41) is 6.12. The van der Waals surface area contributed by atoms with Crippen molar-refractivity contribution >= 4 is 17.3 Å². The molecule has 2 rings (SSSR count). The van der Waals surface area contributed by atoms with Crippen molar-refractivity contribution in [1.29, 1.82) is 0 Å². The van der Waals surface area contributed by atoms with E-state index in [1.54, 1.807) is 12.1 Å². The minimum Gasteiger partial charge on any atom is -0.399 e. The maximum Gasteiger partial charge on any atom is 0.253 e. The van der Waals surface area contributed by atoms with Crippen molar-refractivity contribution in [3.05, 3.63) is 23.8 Å². The molecule has 1 saturated carbocycles. The first-order valence-corrected chi connectivity index (χ1v) is 5.65. The van der Waals surface area contributed by atoms with E-state index in [-0.39, 0.29) is 5.91 Å². The molecule has 1 aliphatic carbocycles. The van der Waals surface area contributed by atoms with Gasteiger partial charge in [0.2, 0.25) is 0 Å². The molecule has 0 aliphatic heterocycles. The van der Waals surface area contributed by atoms with Gasteiger partial charge in [0.15, 0.2) is 0 Å². The molecule has 4 heteroatoms. The van der Waals surface area contributed by atoms with Gasteiger partial charge in [-0.2, -0.15) is 0 Å². The summed E-state index contributed by atoms with van der Waals surface area (Å²) < 4.78 is 0. The lowest BCUT2D eigenvalue weighted by Gasteiger charge is -2.11. The van der Waals surface area contributed by atoms with Gasteiger partial charge < -0.3 is 16.4 Å². The predicted molar refractivity (Wildman–Crippen MR) is 65.5 cm³/mol. The van der Waals surface area contributed by atoms with Gasteiger partial charge in [-0.05, 0) is 38.0 Å². The Balaban J connectivity index is 2.23. The van der Waals surface area contributed by atoms with Crippen LogP contribution in [0.1, 0.15) is 30.1 Å². The fourth-order valence-electron chi connectivity index (χ4n) is 1.58. The van der Waals surface area contributed by atoms with Crippen molar-refractivity contribution in [2.24, 2.45) is 0 Å². The second-order valence-electron chi connectivity index (χ2n) is 4.08. The number of anilines is 2. The summed E-state index contributed by atoms with van der Waals surface area (Å²) in [6.07, 6.45) is 2.34. The molecule has 0 heterocycles. The predicted octanol–water partition coefficient (Wildman–Crippen LogP) is 1.59. The number of amides is 1. The number of carbonyl (C=O) groups is 1. The van der Waals surface area contributed by atoms with Crippen LogP contribution in [0.4, 0.5) is 11.4 Å². The molecule has 0 spiro atoms. The highest BCUT2D eigenvalue weighted by Crippen LogP contribution is 2.28. The largest absolute Gasteiger partial charge is 0.399 e. The maximum atomic E-state index is 11.8. The van der Waals surface area contributed by atoms with E-state index in [4.69, 9.17) is 5.73 Å². The first-order chi connectivity index (χ1) is 7.70. The first kappa shape index (κ1) is 10.8. The fourth-order valence-corrected chi connectivity index (χ4v) is 1.58. The van der Waals surface area contributed by atoms with Crippen LogP contribution in [-0.2, 0) is 0 Å². The number of hydrogen-bond acceptors (Lipinski definition) is 3. The third kappa shape index (κ3) is 2.45. The molecule has 1 amide bonds. The number of benzene rings is 1. The lowest BCUT2D eigenvalue weighted by molar-refractivity contribution is 0.0956. The molecule has 86 valence electrons. The molecule has 4 N–H and O–H groups in total. The van der Waals surface area contributed by atoms with Crippen molar-refractivity contribution < 1.29 is 4.79 Å². The summed E-state index contributed by atoms with van der Waals surface area (Å²) in [6, 6.07) is 5.85. The van der Waals surface area contributed by atoms with E-state index < -0.39 is 0 Å². The van der Waals surface area contributed by atoms with Gasteiger partial charge >= 0.3 is 0 Å². The Hall–Kier alpha value is -1.71. The molecule has 0 atom stereocenters. The van der Waals surface area contributed by atoms with E-state index in [1.807, 2.05) is 13.0 Å². The monoisotopic (exact) mass is 219 g/mol. The third-order valence-corrected chi connectivity index (χ3v) is 2.56. The molecule has 1 fully saturated rings. The molecule has 16 heavy (non-hydrogen) atoms. The summed E-state index contributed by atoms with van der Waals surface area (Å²) in [6.45, 7) is 2.54. The molecule has 1 aromatic carbocycles. The Labute approximate surface area is 95.2 Å². The molecule has 1 aliphatic rings. The number of hydrogen-bond donors (Lipinski definition) is 3. The second kappa shape index (κ2) is 4.43. The number of nitrogen functional groups attached to an aromatic ring is 1. The lowest BCUT2D eigenvalue weighted by atomic mass is 10.1. The summed E-state index contributed by atoms with van der Waals surface area (Å²) >= 11 is 0. The number of nitrogens with one attached hydrogen (secondary N) is 2. The second-order valence-corrected chi connectivity index (χ2v) is 4.08. The van der Waals surface area contributed by atoms with Gasteiger partial charge in [0, 0.05) is 24.0 Å². The maximum absolute atomic E-state index is 11.8. The average molecular weight is 219 g/mol. The Kier molecular flexibility index (Phi) is 2.99. The normalized spacial score (nSPS) is 14.6. The zero-order valence-corrected chi connectivity index (χ0v) is 9.42. The SMILES string of the molecule is CCNC(=O)c1ccc(N)cc1NC1CC1. The van der Waals surface area contributed by atoms with E-state index in [0.717, 1.165) is 5.69 Å². The smallest absolute Gasteiger partial charge is 0.253 e. The van der Waals surface area contributed by atoms with E-state index in [1.165, 1.54) is 12.8 Å². The van der Waals surface area contributed by atoms with Crippen molar-refractivity contribution in [2.45, 2.75) is 25.8 Å². The highest BCUT2D eigenvalue weighted by molar-refractivity contribution is 6.00. The summed E-state index contributed by atoms with van der Waals surface area (Å²) in [4.78, 5) is 11.8. The van der Waals surface area contributed by atoms with Crippen molar-refractivity contribution in [3.8, 4) is 0 Å². The molecule has 4 nitrogen and oxygen atoms in total. The molecular formula is C12H17N3O. The number of carbonyl (C=O) groups excluding carboxylic acids is 1. The Bertz CT molecular complexity index is 399. The Morgan fingerprint density at radius 2 is 2.25 bits per heavy atom. The van der Waals surface area contributed by atoms with Gasteiger partial charge in [-0.15, -0.1) is 0 Å². The van der Waals surface area contributed by atoms with Gasteiger partial charge in [-0.25, -0.2) is 0 Å². The Morgan fingerprint density at radius 1 is 1.50 bits per heavy atom. The van der Waals surface area contributed by atoms with Gasteiger partial charge in [0.1, 0.15) is 0 Å². The van der Waals surface area contributed by atoms with E-state index in [2.05, 4.69) is 10.6 Å². The van der Waals surface area contributed by atoms with Crippen LogP contribution in [0.3, 0.4) is 0 Å². The van der Waals surface area contributed by atoms with Crippen LogP contribution in [0.2, 0.25) is 0 Å². The van der Waals surface area contributed by atoms with Crippen LogP contribution >= 0.6 is 0 Å². The van der Waals surface area contributed by atoms with Gasteiger partial charge in [0.25, 0.3) is 5.91 Å². The summed E-state index contributed by atoms with van der Waals surface area (Å²) in [5.74, 6) is -0.0503. The minimum atomic E-state index is -0.0503. The standard InChI is InChI=1S/C12H17N3O/c1-2-14-12(16)10-6-3-8(13)7-11(10)15-9-4-5-9/h3,6-7,9,15H,2,4-5,13H2,1H3,(H,14,16). The Morgan fingerprint density at radius 3 is 2.88 bits per heavy atom. The van der Waals surface area contributed by atoms with Gasteiger partial charge in [-0.3, -0.25) is 4.79 Å². The first-order valence-electron chi connectivity index (χ1n) is 5.65. The molecule has 0 bridgehead atoms. The molecule has 0 aromatic heterocycles. The number of nitrogens with two attached hydrogens (primary N) is 1. The summed E-state index contributed by atoms with van der Waals surface area (Å²) in [7, 11) is 0. The van der Waals surface area contributed by atoms with E-state index >= 15 is 0 Å². The quantitative estimate of drug-likeness (QED) is 0.674. The summed E-state index contributed by atoms with van der Waals surface area (Å²) in [5.41, 5.74) is 7.91. The van der Waals surface area contributed by atoms with Crippen molar-refractivity contribution in [1.82, 2.24) is 5.32 Å². The third-order valence-electron chi connectivity index (χ3n) is 2.56. The van der Waals surface area contributed by atoms with Crippen LogP contribution in [0, 0.1) is 0 Å². The van der Waals surface area contributed by atoms with Crippen LogP contribution < -0.4 is 16.4 Å². The molecule has 0 saturated heterocycles. The molecule has 1 aromatic rings. The van der Waals surface area contributed by atoms with Crippen LogP contribution in [0.25, 0.3) is 0 Å². The zero-order valence-electron chi connectivity index (χ0n) is 9.42. The van der Waals surface area contributed by atoms with E-state index in [0.29, 0.717) is 23.8 Å². The van der Waals surface area contributed by atoms with Gasteiger partial charge in [-0.1, -0.05) is 0 Å². The van der Waals surface area contributed by atoms with Crippen LogP contribution in [-0.4, -0.2) is 18.5 Å². The van der Waals surface area contributed by atoms with Crippen molar-refractivity contribution in [3.63, 3.8) is 0 Å². The van der Waals surface area contributed by atoms with Crippen LogP contribution in [0.15, 0.2) is 18.2 Å². The highest BCUT2D eigenvalue weighted by atomic mass is 16.1. The number of rotatable bonds is 4. The fraction of sp³-hybridized carbons (Fsp3) is 0.417. The van der Waals surface area contributed by atoms with E-state index in [9.17, 15) is 4.79 Å². The lowest BCUT2D eigenvalue weighted by Crippen LogP contribution is -2.24. The van der Waals surface area contributed by atoms with Crippen LogP contribution in [0.5, 0.6) is 0 Å². The highest BCUT2D eigenvalue weighted by Gasteiger charge is 2.23. The molecule has 0 radical (unpaired) electrons. The molecular weight excluding hydrogens is 202 g/mol. The van der Waals surface area contributed by atoms with Gasteiger partial charge in [0.05, 0.1) is 5.56 Å². The zero-order chi connectivity index (χ0) is 11.5. The average Bonchev–Trinajstić information content (AvgIpc) is 3.02. The topological polar surface area (TPSA) is 67.2 Å². The molecule has 0 unspecified atom stereocenters. The minimum absolute atomic E-state index is 0.0503.